The minimum Gasteiger partial charge on any atom is -0.396 e. The molecule has 2 nitrogen and oxygen atoms in total. The van der Waals surface area contributed by atoms with Crippen molar-refractivity contribution in [3.63, 3.8) is 0 Å². The number of aromatic nitrogens is 1. The van der Waals surface area contributed by atoms with Crippen LogP contribution in [0.4, 0.5) is 0 Å². The number of aryl methyl sites for hydroxylation is 1. The first kappa shape index (κ1) is 12.9. The van der Waals surface area contributed by atoms with Gasteiger partial charge in [0, 0.05) is 30.3 Å². The molecule has 0 aliphatic heterocycles. The highest BCUT2D eigenvalue weighted by Gasteiger charge is 2.07. The van der Waals surface area contributed by atoms with Crippen molar-refractivity contribution >= 4 is 10.9 Å². The van der Waals surface area contributed by atoms with E-state index < -0.39 is 0 Å². The Bertz CT molecular complexity index is 685. The lowest BCUT2D eigenvalue weighted by atomic mass is 10.1. The molecule has 1 aromatic heterocycles. The molecule has 0 atom stereocenters. The van der Waals surface area contributed by atoms with Crippen LogP contribution in [0.1, 0.15) is 17.5 Å². The van der Waals surface area contributed by atoms with Crippen LogP contribution in [0.2, 0.25) is 0 Å². The fourth-order valence-electron chi connectivity index (χ4n) is 2.70. The molecule has 20 heavy (non-hydrogen) atoms. The van der Waals surface area contributed by atoms with Crippen LogP contribution in [0.5, 0.6) is 0 Å². The van der Waals surface area contributed by atoms with Crippen LogP contribution >= 0.6 is 0 Å². The van der Waals surface area contributed by atoms with Crippen LogP contribution in [-0.4, -0.2) is 16.3 Å². The SMILES string of the molecule is OCCCc1cn(Cc2ccccc2)c2ccccc12. The number of fused-ring (bicyclic) bond motifs is 1. The third-order valence-corrected chi connectivity index (χ3v) is 3.67. The van der Waals surface area contributed by atoms with E-state index in [1.54, 1.807) is 0 Å². The summed E-state index contributed by atoms with van der Waals surface area (Å²) < 4.78 is 2.30. The lowest BCUT2D eigenvalue weighted by Crippen LogP contribution is -1.97. The van der Waals surface area contributed by atoms with Gasteiger partial charge in [-0.15, -0.1) is 0 Å². The Hall–Kier alpha value is -2.06. The second-order valence-corrected chi connectivity index (χ2v) is 5.11. The van der Waals surface area contributed by atoms with E-state index in [0.717, 1.165) is 19.4 Å². The molecule has 0 spiro atoms. The fourth-order valence-corrected chi connectivity index (χ4v) is 2.70. The van der Waals surface area contributed by atoms with Crippen molar-refractivity contribution in [2.24, 2.45) is 0 Å². The van der Waals surface area contributed by atoms with E-state index in [1.165, 1.54) is 22.0 Å². The highest BCUT2D eigenvalue weighted by atomic mass is 16.2. The monoisotopic (exact) mass is 265 g/mol. The number of hydrogen-bond acceptors (Lipinski definition) is 1. The Morgan fingerprint density at radius 2 is 1.65 bits per heavy atom. The molecule has 3 rings (SSSR count). The molecule has 2 heteroatoms. The summed E-state index contributed by atoms with van der Waals surface area (Å²) in [6.07, 6.45) is 3.98. The average Bonchev–Trinajstić information content (AvgIpc) is 2.85. The number of nitrogens with zero attached hydrogens (tertiary/aromatic N) is 1. The van der Waals surface area contributed by atoms with Gasteiger partial charge in [0.25, 0.3) is 0 Å². The molecule has 0 saturated heterocycles. The lowest BCUT2D eigenvalue weighted by Gasteiger charge is -2.05. The summed E-state index contributed by atoms with van der Waals surface area (Å²) in [4.78, 5) is 0. The first-order chi connectivity index (χ1) is 9.88. The number of aliphatic hydroxyl groups excluding tert-OH is 1. The molecule has 102 valence electrons. The summed E-state index contributed by atoms with van der Waals surface area (Å²) in [6, 6.07) is 19.0. The van der Waals surface area contributed by atoms with Gasteiger partial charge in [-0.25, -0.2) is 0 Å². The van der Waals surface area contributed by atoms with Crippen LogP contribution in [0, 0.1) is 0 Å². The molecule has 0 unspecified atom stereocenters. The third kappa shape index (κ3) is 2.61. The molecule has 0 fully saturated rings. The van der Waals surface area contributed by atoms with Gasteiger partial charge in [-0.05, 0) is 30.0 Å². The van der Waals surface area contributed by atoms with E-state index in [9.17, 15) is 0 Å². The Morgan fingerprint density at radius 1 is 0.900 bits per heavy atom. The maximum Gasteiger partial charge on any atom is 0.0486 e. The van der Waals surface area contributed by atoms with Gasteiger partial charge >= 0.3 is 0 Å². The van der Waals surface area contributed by atoms with Gasteiger partial charge in [-0.1, -0.05) is 48.5 Å². The maximum atomic E-state index is 9.03. The summed E-state index contributed by atoms with van der Waals surface area (Å²) in [6.45, 7) is 1.14. The highest BCUT2D eigenvalue weighted by molar-refractivity contribution is 5.84. The molecule has 0 bridgehead atoms. The molecule has 1 N–H and O–H groups in total. The largest absolute Gasteiger partial charge is 0.396 e. The van der Waals surface area contributed by atoms with Crippen molar-refractivity contribution in [3.8, 4) is 0 Å². The molecule has 2 aromatic carbocycles. The second-order valence-electron chi connectivity index (χ2n) is 5.11. The van der Waals surface area contributed by atoms with Gasteiger partial charge < -0.3 is 9.67 Å². The van der Waals surface area contributed by atoms with Gasteiger partial charge in [0.2, 0.25) is 0 Å². The number of para-hydroxylation sites is 1. The Morgan fingerprint density at radius 3 is 2.45 bits per heavy atom. The molecule has 0 radical (unpaired) electrons. The van der Waals surface area contributed by atoms with Gasteiger partial charge in [0.1, 0.15) is 0 Å². The van der Waals surface area contributed by atoms with E-state index in [4.69, 9.17) is 5.11 Å². The fraction of sp³-hybridized carbons (Fsp3) is 0.222. The summed E-state index contributed by atoms with van der Waals surface area (Å²) >= 11 is 0. The zero-order valence-corrected chi connectivity index (χ0v) is 11.5. The van der Waals surface area contributed by atoms with Crippen LogP contribution in [-0.2, 0) is 13.0 Å². The highest BCUT2D eigenvalue weighted by Crippen LogP contribution is 2.23. The standard InChI is InChI=1S/C18H19NO/c20-12-6-9-16-14-19(13-15-7-2-1-3-8-15)18-11-5-4-10-17(16)18/h1-5,7-8,10-11,14,20H,6,9,12-13H2. The van der Waals surface area contributed by atoms with Crippen molar-refractivity contribution in [2.75, 3.05) is 6.61 Å². The van der Waals surface area contributed by atoms with Crippen LogP contribution in [0.3, 0.4) is 0 Å². The Balaban J connectivity index is 1.98. The van der Waals surface area contributed by atoms with Crippen LogP contribution in [0.15, 0.2) is 60.8 Å². The quantitative estimate of drug-likeness (QED) is 0.749. The van der Waals surface area contributed by atoms with Crippen molar-refractivity contribution in [3.05, 3.63) is 71.9 Å². The summed E-state index contributed by atoms with van der Waals surface area (Å²) in [5.74, 6) is 0. The molecule has 1 heterocycles. The van der Waals surface area contributed by atoms with Crippen molar-refractivity contribution in [1.29, 1.82) is 0 Å². The van der Waals surface area contributed by atoms with Crippen molar-refractivity contribution in [2.45, 2.75) is 19.4 Å². The second kappa shape index (κ2) is 5.93. The topological polar surface area (TPSA) is 25.2 Å². The first-order valence-corrected chi connectivity index (χ1v) is 7.10. The van der Waals surface area contributed by atoms with Crippen LogP contribution in [0.25, 0.3) is 10.9 Å². The van der Waals surface area contributed by atoms with Gasteiger partial charge in [0.05, 0.1) is 0 Å². The molecular formula is C18H19NO. The van der Waals surface area contributed by atoms with Crippen molar-refractivity contribution in [1.82, 2.24) is 4.57 Å². The van der Waals surface area contributed by atoms with Crippen molar-refractivity contribution < 1.29 is 5.11 Å². The van der Waals surface area contributed by atoms with Gasteiger partial charge in [-0.3, -0.25) is 0 Å². The summed E-state index contributed by atoms with van der Waals surface area (Å²) in [5, 5.41) is 10.3. The zero-order valence-electron chi connectivity index (χ0n) is 11.5. The Labute approximate surface area is 119 Å². The summed E-state index contributed by atoms with van der Waals surface area (Å²) in [7, 11) is 0. The predicted octanol–water partition coefficient (Wildman–Crippen LogP) is 3.61. The zero-order chi connectivity index (χ0) is 13.8. The number of aliphatic hydroxyl groups is 1. The van der Waals surface area contributed by atoms with E-state index in [2.05, 4.69) is 59.3 Å². The molecule has 0 saturated carbocycles. The van der Waals surface area contributed by atoms with Gasteiger partial charge in [0.15, 0.2) is 0 Å². The minimum absolute atomic E-state index is 0.248. The number of hydrogen-bond donors (Lipinski definition) is 1. The molecule has 3 aromatic rings. The van der Waals surface area contributed by atoms with E-state index in [1.807, 2.05) is 6.07 Å². The van der Waals surface area contributed by atoms with E-state index in [-0.39, 0.29) is 6.61 Å². The summed E-state index contributed by atoms with van der Waals surface area (Å²) in [5.41, 5.74) is 3.90. The van der Waals surface area contributed by atoms with Gasteiger partial charge in [-0.2, -0.15) is 0 Å². The molecule has 0 amide bonds. The molecular weight excluding hydrogens is 246 g/mol. The van der Waals surface area contributed by atoms with E-state index in [0.29, 0.717) is 0 Å². The Kier molecular flexibility index (Phi) is 3.84. The number of rotatable bonds is 5. The number of benzene rings is 2. The molecule has 0 aliphatic carbocycles. The molecule has 0 aliphatic rings. The maximum absolute atomic E-state index is 9.03. The lowest BCUT2D eigenvalue weighted by molar-refractivity contribution is 0.288. The predicted molar refractivity (Wildman–Crippen MR) is 82.9 cm³/mol. The first-order valence-electron chi connectivity index (χ1n) is 7.10. The minimum atomic E-state index is 0.248. The third-order valence-electron chi connectivity index (χ3n) is 3.67. The average molecular weight is 265 g/mol. The van der Waals surface area contributed by atoms with Crippen LogP contribution < -0.4 is 0 Å². The van der Waals surface area contributed by atoms with E-state index >= 15 is 0 Å². The normalized spacial score (nSPS) is 11.1. The smallest absolute Gasteiger partial charge is 0.0486 e.